The van der Waals surface area contributed by atoms with E-state index in [2.05, 4.69) is 5.32 Å². The van der Waals surface area contributed by atoms with E-state index in [1.165, 1.54) is 7.05 Å². The summed E-state index contributed by atoms with van der Waals surface area (Å²) < 4.78 is 26.4. The van der Waals surface area contributed by atoms with Gasteiger partial charge in [-0.15, -0.1) is 0 Å². The molecule has 0 saturated carbocycles. The lowest BCUT2D eigenvalue weighted by Crippen LogP contribution is -2.35. The third-order valence-corrected chi connectivity index (χ3v) is 6.10. The fourth-order valence-electron chi connectivity index (χ4n) is 2.53. The molecule has 2 aromatic carbocycles. The van der Waals surface area contributed by atoms with Crippen LogP contribution in [0, 0.1) is 27.7 Å². The number of sulfonamides is 1. The SMILES string of the molecule is Cc1ccc(S(=O)(=O)N(C)CC(=O)Nc2c(C)cccc2C)cc1C. The van der Waals surface area contributed by atoms with Crippen molar-refractivity contribution in [1.29, 1.82) is 0 Å². The lowest BCUT2D eigenvalue weighted by atomic mass is 10.1. The summed E-state index contributed by atoms with van der Waals surface area (Å²) in [7, 11) is -2.30. The molecule has 0 aromatic heterocycles. The summed E-state index contributed by atoms with van der Waals surface area (Å²) in [6, 6.07) is 10.7. The van der Waals surface area contributed by atoms with Crippen LogP contribution in [0.5, 0.6) is 0 Å². The van der Waals surface area contributed by atoms with Gasteiger partial charge in [-0.05, 0) is 62.1 Å². The van der Waals surface area contributed by atoms with Crippen molar-refractivity contribution in [3.05, 3.63) is 58.7 Å². The van der Waals surface area contributed by atoms with Crippen molar-refractivity contribution in [2.75, 3.05) is 18.9 Å². The minimum atomic E-state index is -3.71. The number of amides is 1. The summed E-state index contributed by atoms with van der Waals surface area (Å²) in [6.07, 6.45) is 0. The summed E-state index contributed by atoms with van der Waals surface area (Å²) in [6.45, 7) is 7.34. The smallest absolute Gasteiger partial charge is 0.243 e. The number of anilines is 1. The molecule has 0 radical (unpaired) electrons. The van der Waals surface area contributed by atoms with Crippen LogP contribution in [0.15, 0.2) is 41.3 Å². The van der Waals surface area contributed by atoms with Crippen LogP contribution in [0.2, 0.25) is 0 Å². The number of para-hydroxylation sites is 1. The number of rotatable bonds is 5. The van der Waals surface area contributed by atoms with Gasteiger partial charge in [0.25, 0.3) is 0 Å². The van der Waals surface area contributed by atoms with Gasteiger partial charge in [-0.3, -0.25) is 4.79 Å². The Hall–Kier alpha value is -2.18. The molecule has 1 N–H and O–H groups in total. The fraction of sp³-hybridized carbons (Fsp3) is 0.316. The molecule has 25 heavy (non-hydrogen) atoms. The molecule has 0 heterocycles. The summed E-state index contributed by atoms with van der Waals surface area (Å²) in [4.78, 5) is 12.5. The van der Waals surface area contributed by atoms with Crippen molar-refractivity contribution < 1.29 is 13.2 Å². The Bertz CT molecular complexity index is 885. The molecule has 0 bridgehead atoms. The van der Waals surface area contributed by atoms with Crippen LogP contribution in [-0.4, -0.2) is 32.2 Å². The number of carbonyl (C=O) groups excluding carboxylic acids is 1. The van der Waals surface area contributed by atoms with Crippen molar-refractivity contribution in [2.24, 2.45) is 0 Å². The molecule has 134 valence electrons. The number of nitrogens with one attached hydrogen (secondary N) is 1. The van der Waals surface area contributed by atoms with Gasteiger partial charge in [-0.2, -0.15) is 4.31 Å². The molecule has 0 saturated heterocycles. The second-order valence-electron chi connectivity index (χ2n) is 6.32. The highest BCUT2D eigenvalue weighted by Gasteiger charge is 2.23. The normalized spacial score (nSPS) is 11.6. The van der Waals surface area contributed by atoms with Gasteiger partial charge in [0, 0.05) is 12.7 Å². The first-order valence-electron chi connectivity index (χ1n) is 8.02. The molecule has 0 aliphatic rings. The zero-order valence-electron chi connectivity index (χ0n) is 15.3. The Kier molecular flexibility index (Phi) is 5.65. The first-order valence-corrected chi connectivity index (χ1v) is 9.46. The summed E-state index contributed by atoms with van der Waals surface area (Å²) in [5.41, 5.74) is 4.52. The van der Waals surface area contributed by atoms with Gasteiger partial charge in [-0.1, -0.05) is 24.3 Å². The fourth-order valence-corrected chi connectivity index (χ4v) is 3.74. The minimum Gasteiger partial charge on any atom is -0.324 e. The molecule has 6 heteroatoms. The number of aryl methyl sites for hydroxylation is 4. The standard InChI is InChI=1S/C19H24N2O3S/c1-13-9-10-17(11-16(13)4)25(23,24)21(5)12-18(22)20-19-14(2)7-6-8-15(19)3/h6-11H,12H2,1-5H3,(H,20,22). The first-order chi connectivity index (χ1) is 11.6. The van der Waals surface area contributed by atoms with Crippen LogP contribution in [0.25, 0.3) is 0 Å². The zero-order chi connectivity index (χ0) is 18.8. The van der Waals surface area contributed by atoms with Crippen LogP contribution in [0.4, 0.5) is 5.69 Å². The van der Waals surface area contributed by atoms with E-state index in [4.69, 9.17) is 0 Å². The van der Waals surface area contributed by atoms with E-state index in [9.17, 15) is 13.2 Å². The molecule has 2 rings (SSSR count). The minimum absolute atomic E-state index is 0.193. The maximum absolute atomic E-state index is 12.7. The van der Waals surface area contributed by atoms with Crippen molar-refractivity contribution in [1.82, 2.24) is 4.31 Å². The predicted molar refractivity (Wildman–Crippen MR) is 100 cm³/mol. The Labute approximate surface area is 149 Å². The summed E-state index contributed by atoms with van der Waals surface area (Å²) >= 11 is 0. The largest absolute Gasteiger partial charge is 0.324 e. The molecule has 0 atom stereocenters. The molecular weight excluding hydrogens is 336 g/mol. The number of benzene rings is 2. The second-order valence-corrected chi connectivity index (χ2v) is 8.37. The van der Waals surface area contributed by atoms with Crippen LogP contribution in [0.1, 0.15) is 22.3 Å². The molecule has 0 aliphatic carbocycles. The van der Waals surface area contributed by atoms with E-state index in [0.29, 0.717) is 0 Å². The van der Waals surface area contributed by atoms with E-state index in [1.54, 1.807) is 18.2 Å². The Balaban J connectivity index is 2.16. The molecule has 1 amide bonds. The van der Waals surface area contributed by atoms with Crippen molar-refractivity contribution >= 4 is 21.6 Å². The van der Waals surface area contributed by atoms with Crippen molar-refractivity contribution in [2.45, 2.75) is 32.6 Å². The maximum atomic E-state index is 12.7. The molecule has 0 fully saturated rings. The molecule has 2 aromatic rings. The van der Waals surface area contributed by atoms with Crippen LogP contribution in [-0.2, 0) is 14.8 Å². The number of likely N-dealkylation sites (N-methyl/N-ethyl adjacent to an activating group) is 1. The van der Waals surface area contributed by atoms with E-state index in [0.717, 1.165) is 32.2 Å². The van der Waals surface area contributed by atoms with E-state index < -0.39 is 10.0 Å². The first kappa shape index (κ1) is 19.1. The van der Waals surface area contributed by atoms with Crippen LogP contribution >= 0.6 is 0 Å². The quantitative estimate of drug-likeness (QED) is 0.890. The Morgan fingerprint density at radius 2 is 1.56 bits per heavy atom. The highest BCUT2D eigenvalue weighted by atomic mass is 32.2. The van der Waals surface area contributed by atoms with Gasteiger partial charge in [0.05, 0.1) is 11.4 Å². The topological polar surface area (TPSA) is 66.5 Å². The highest BCUT2D eigenvalue weighted by molar-refractivity contribution is 7.89. The van der Waals surface area contributed by atoms with Gasteiger partial charge in [0.1, 0.15) is 0 Å². The molecular formula is C19H24N2O3S. The lowest BCUT2D eigenvalue weighted by molar-refractivity contribution is -0.116. The number of hydrogen-bond acceptors (Lipinski definition) is 3. The van der Waals surface area contributed by atoms with E-state index in [1.807, 2.05) is 45.9 Å². The van der Waals surface area contributed by atoms with Crippen LogP contribution in [0.3, 0.4) is 0 Å². The van der Waals surface area contributed by atoms with Crippen LogP contribution < -0.4 is 5.32 Å². The molecule has 0 aliphatic heterocycles. The van der Waals surface area contributed by atoms with E-state index in [-0.39, 0.29) is 17.3 Å². The average molecular weight is 360 g/mol. The maximum Gasteiger partial charge on any atom is 0.243 e. The summed E-state index contributed by atoms with van der Waals surface area (Å²) in [5, 5.41) is 2.81. The van der Waals surface area contributed by atoms with E-state index >= 15 is 0 Å². The van der Waals surface area contributed by atoms with Gasteiger partial charge in [0.15, 0.2) is 0 Å². The predicted octanol–water partition coefficient (Wildman–Crippen LogP) is 3.18. The average Bonchev–Trinajstić information content (AvgIpc) is 2.53. The number of nitrogens with zero attached hydrogens (tertiary/aromatic N) is 1. The highest BCUT2D eigenvalue weighted by Crippen LogP contribution is 2.20. The third kappa shape index (κ3) is 4.27. The number of hydrogen-bond donors (Lipinski definition) is 1. The zero-order valence-corrected chi connectivity index (χ0v) is 16.1. The van der Waals surface area contributed by atoms with Gasteiger partial charge < -0.3 is 5.32 Å². The third-order valence-electron chi connectivity index (χ3n) is 4.30. The molecule has 5 nitrogen and oxygen atoms in total. The van der Waals surface area contributed by atoms with Gasteiger partial charge in [-0.25, -0.2) is 8.42 Å². The van der Waals surface area contributed by atoms with Crippen molar-refractivity contribution in [3.8, 4) is 0 Å². The van der Waals surface area contributed by atoms with Gasteiger partial charge >= 0.3 is 0 Å². The Morgan fingerprint density at radius 3 is 2.12 bits per heavy atom. The second kappa shape index (κ2) is 7.37. The molecule has 0 spiro atoms. The lowest BCUT2D eigenvalue weighted by Gasteiger charge is -2.18. The monoisotopic (exact) mass is 360 g/mol. The molecule has 0 unspecified atom stereocenters. The van der Waals surface area contributed by atoms with Crippen molar-refractivity contribution in [3.63, 3.8) is 0 Å². The summed E-state index contributed by atoms with van der Waals surface area (Å²) in [5.74, 6) is -0.368. The number of carbonyl (C=O) groups is 1. The Morgan fingerprint density at radius 1 is 0.960 bits per heavy atom. The van der Waals surface area contributed by atoms with Gasteiger partial charge in [0.2, 0.25) is 15.9 Å².